The Morgan fingerprint density at radius 1 is 1.25 bits per heavy atom. The van der Waals surface area contributed by atoms with Gasteiger partial charge < -0.3 is 35.2 Å². The van der Waals surface area contributed by atoms with E-state index >= 15 is 0 Å². The number of alkyl carbamates (subject to hydrolysis) is 1. The predicted octanol–water partition coefficient (Wildman–Crippen LogP) is -1.12. The molecule has 11 heteroatoms. The summed E-state index contributed by atoms with van der Waals surface area (Å²) in [4.78, 5) is 11.4. The van der Waals surface area contributed by atoms with Crippen LogP contribution in [-0.4, -0.2) is 74.2 Å². The van der Waals surface area contributed by atoms with Crippen molar-refractivity contribution in [3.05, 3.63) is 0 Å². The summed E-state index contributed by atoms with van der Waals surface area (Å²) in [6.07, 6.45) is -6.98. The van der Waals surface area contributed by atoms with E-state index in [1.165, 1.54) is 0 Å². The molecule has 0 bridgehead atoms. The molecule has 1 aliphatic heterocycles. The Kier molecular flexibility index (Phi) is 6.55. The van der Waals surface area contributed by atoms with Gasteiger partial charge in [0, 0.05) is 0 Å². The van der Waals surface area contributed by atoms with Gasteiger partial charge in [0.15, 0.2) is 6.29 Å². The molecule has 5 atom stereocenters. The van der Waals surface area contributed by atoms with Crippen molar-refractivity contribution in [1.29, 1.82) is 0 Å². The SMILES string of the molecule is O=C(N[C@@H]1[C@@H](O)[C@H](O)[C@@H](CO)O[C@@H]1O)OCC(Cl)(Cl)Cl. The Bertz CT molecular complexity index is 340. The van der Waals surface area contributed by atoms with Gasteiger partial charge in [-0.3, -0.25) is 0 Å². The highest BCUT2D eigenvalue weighted by atomic mass is 35.6. The number of alkyl halides is 3. The van der Waals surface area contributed by atoms with E-state index < -0.39 is 53.7 Å². The van der Waals surface area contributed by atoms with Crippen LogP contribution in [0.1, 0.15) is 0 Å². The van der Waals surface area contributed by atoms with Gasteiger partial charge in [0.05, 0.1) is 6.61 Å². The van der Waals surface area contributed by atoms with Crippen molar-refractivity contribution in [3.8, 4) is 0 Å². The van der Waals surface area contributed by atoms with Crippen molar-refractivity contribution in [1.82, 2.24) is 5.32 Å². The van der Waals surface area contributed by atoms with Crippen LogP contribution in [0.2, 0.25) is 0 Å². The second-order valence-corrected chi connectivity index (χ2v) is 6.61. The number of carbonyl (C=O) groups excluding carboxylic acids is 1. The van der Waals surface area contributed by atoms with Crippen LogP contribution in [0.3, 0.4) is 0 Å². The van der Waals surface area contributed by atoms with Crippen LogP contribution < -0.4 is 5.32 Å². The third-order valence-corrected chi connectivity index (χ3v) is 2.88. The lowest BCUT2D eigenvalue weighted by Gasteiger charge is -2.40. The summed E-state index contributed by atoms with van der Waals surface area (Å²) < 4.78 is 7.56. The van der Waals surface area contributed by atoms with E-state index in [4.69, 9.17) is 44.6 Å². The molecule has 1 saturated heterocycles. The Morgan fingerprint density at radius 3 is 2.35 bits per heavy atom. The van der Waals surface area contributed by atoms with E-state index in [2.05, 4.69) is 10.1 Å². The van der Waals surface area contributed by atoms with Gasteiger partial charge in [0.2, 0.25) is 3.79 Å². The number of hydrogen-bond acceptors (Lipinski definition) is 7. The van der Waals surface area contributed by atoms with Crippen LogP contribution in [0.5, 0.6) is 0 Å². The zero-order valence-corrected chi connectivity index (χ0v) is 12.2. The Labute approximate surface area is 129 Å². The van der Waals surface area contributed by atoms with E-state index in [1.807, 2.05) is 0 Å². The number of hydrogen-bond donors (Lipinski definition) is 5. The van der Waals surface area contributed by atoms with Crippen molar-refractivity contribution in [2.45, 2.75) is 34.4 Å². The van der Waals surface area contributed by atoms with Crippen LogP contribution in [0.4, 0.5) is 4.79 Å². The van der Waals surface area contributed by atoms with Crippen LogP contribution in [0.15, 0.2) is 0 Å². The van der Waals surface area contributed by atoms with Gasteiger partial charge in [-0.25, -0.2) is 4.79 Å². The first-order valence-corrected chi connectivity index (χ1v) is 6.59. The van der Waals surface area contributed by atoms with E-state index in [0.29, 0.717) is 0 Å². The Morgan fingerprint density at radius 2 is 1.85 bits per heavy atom. The van der Waals surface area contributed by atoms with Gasteiger partial charge in [0.25, 0.3) is 0 Å². The number of rotatable bonds is 3. The molecule has 20 heavy (non-hydrogen) atoms. The molecule has 0 aromatic heterocycles. The number of halogens is 3. The van der Waals surface area contributed by atoms with Crippen LogP contribution in [0, 0.1) is 0 Å². The number of nitrogens with one attached hydrogen (secondary N) is 1. The monoisotopic (exact) mass is 353 g/mol. The van der Waals surface area contributed by atoms with Gasteiger partial charge >= 0.3 is 6.09 Å². The number of amides is 1. The molecule has 1 heterocycles. The van der Waals surface area contributed by atoms with Gasteiger partial charge in [-0.15, -0.1) is 0 Å². The fourth-order valence-electron chi connectivity index (χ4n) is 1.58. The summed E-state index contributed by atoms with van der Waals surface area (Å²) in [5, 5.41) is 39.9. The molecule has 0 radical (unpaired) electrons. The zero-order chi connectivity index (χ0) is 15.5. The van der Waals surface area contributed by atoms with E-state index in [1.54, 1.807) is 0 Å². The smallest absolute Gasteiger partial charge is 0.407 e. The molecule has 0 aliphatic carbocycles. The lowest BCUT2D eigenvalue weighted by atomic mass is 9.97. The first-order valence-electron chi connectivity index (χ1n) is 5.46. The first-order chi connectivity index (χ1) is 9.15. The number of aliphatic hydroxyl groups excluding tert-OH is 4. The second-order valence-electron chi connectivity index (χ2n) is 4.09. The lowest BCUT2D eigenvalue weighted by molar-refractivity contribution is -0.253. The highest BCUT2D eigenvalue weighted by molar-refractivity contribution is 6.67. The van der Waals surface area contributed by atoms with E-state index in [0.717, 1.165) is 0 Å². The maximum Gasteiger partial charge on any atom is 0.407 e. The zero-order valence-electron chi connectivity index (χ0n) is 9.95. The third-order valence-electron chi connectivity index (χ3n) is 2.55. The summed E-state index contributed by atoms with van der Waals surface area (Å²) >= 11 is 16.1. The molecule has 0 saturated carbocycles. The van der Waals surface area contributed by atoms with Crippen molar-refractivity contribution >= 4 is 40.9 Å². The first kappa shape index (κ1) is 18.0. The number of ether oxygens (including phenoxy) is 2. The topological polar surface area (TPSA) is 128 Å². The lowest BCUT2D eigenvalue weighted by Crippen LogP contribution is -2.64. The molecule has 0 unspecified atom stereocenters. The minimum absolute atomic E-state index is 0.551. The summed E-state index contributed by atoms with van der Waals surface area (Å²) in [7, 11) is 0. The van der Waals surface area contributed by atoms with Gasteiger partial charge in [-0.1, -0.05) is 34.8 Å². The molecule has 1 aliphatic rings. The van der Waals surface area contributed by atoms with Gasteiger partial charge in [0.1, 0.15) is 31.0 Å². The fraction of sp³-hybridized carbons (Fsp3) is 0.889. The summed E-state index contributed by atoms with van der Waals surface area (Å²) in [5.74, 6) is 0. The molecule has 8 nitrogen and oxygen atoms in total. The van der Waals surface area contributed by atoms with Crippen molar-refractivity contribution in [2.24, 2.45) is 0 Å². The average Bonchev–Trinajstić information content (AvgIpc) is 2.35. The molecular formula is C9H14Cl3NO7. The van der Waals surface area contributed by atoms with Crippen molar-refractivity contribution in [2.75, 3.05) is 13.2 Å². The third kappa shape index (κ3) is 5.05. The minimum atomic E-state index is -1.81. The minimum Gasteiger partial charge on any atom is -0.445 e. The quantitative estimate of drug-likeness (QED) is 0.406. The Hall–Kier alpha value is -0.0600. The highest BCUT2D eigenvalue weighted by Crippen LogP contribution is 2.26. The second kappa shape index (κ2) is 7.28. The molecule has 0 aromatic rings. The molecule has 0 aromatic carbocycles. The predicted molar refractivity (Wildman–Crippen MR) is 68.5 cm³/mol. The van der Waals surface area contributed by atoms with Gasteiger partial charge in [-0.05, 0) is 0 Å². The van der Waals surface area contributed by atoms with Crippen LogP contribution >= 0.6 is 34.8 Å². The molecule has 5 N–H and O–H groups in total. The fourth-order valence-corrected chi connectivity index (χ4v) is 1.74. The maximum atomic E-state index is 11.4. The standard InChI is InChI=1S/C9H14Cl3NO7/c10-9(11,12)2-19-8(18)13-4-6(16)5(15)3(1-14)20-7(4)17/h3-7,14-17H,1-2H2,(H,13,18)/t3-,4-,5-,6-,7+/m1/s1. The molecule has 1 fully saturated rings. The summed E-state index contributed by atoms with van der Waals surface area (Å²) in [5.41, 5.74) is 0. The molecule has 118 valence electrons. The van der Waals surface area contributed by atoms with Crippen molar-refractivity contribution < 1.29 is 34.7 Å². The molecular weight excluding hydrogens is 340 g/mol. The summed E-state index contributed by atoms with van der Waals surface area (Å²) in [6, 6.07) is -1.37. The van der Waals surface area contributed by atoms with Crippen LogP contribution in [0.25, 0.3) is 0 Å². The largest absolute Gasteiger partial charge is 0.445 e. The molecule has 0 spiro atoms. The van der Waals surface area contributed by atoms with Gasteiger partial charge in [-0.2, -0.15) is 0 Å². The highest BCUT2D eigenvalue weighted by Gasteiger charge is 2.44. The average molecular weight is 355 g/mol. The Balaban J connectivity index is 2.56. The van der Waals surface area contributed by atoms with Crippen molar-refractivity contribution in [3.63, 3.8) is 0 Å². The maximum absolute atomic E-state index is 11.4. The number of aliphatic hydroxyl groups is 4. The normalized spacial score (nSPS) is 34.6. The van der Waals surface area contributed by atoms with E-state index in [9.17, 15) is 20.1 Å². The number of carbonyl (C=O) groups is 1. The summed E-state index contributed by atoms with van der Waals surface area (Å²) in [6.45, 7) is -1.16. The van der Waals surface area contributed by atoms with E-state index in [-0.39, 0.29) is 0 Å². The van der Waals surface area contributed by atoms with Crippen LogP contribution in [-0.2, 0) is 9.47 Å². The molecule has 1 rings (SSSR count). The molecule has 1 amide bonds.